The van der Waals surface area contributed by atoms with Crippen molar-refractivity contribution in [3.63, 3.8) is 0 Å². The molecule has 0 aliphatic rings. The van der Waals surface area contributed by atoms with Crippen molar-refractivity contribution in [2.75, 3.05) is 24.4 Å². The fraction of sp³-hybridized carbons (Fsp3) is 0.150. The highest BCUT2D eigenvalue weighted by Gasteiger charge is 2.11. The van der Waals surface area contributed by atoms with E-state index in [9.17, 15) is 4.79 Å². The number of aromatic nitrogens is 2. The van der Waals surface area contributed by atoms with Gasteiger partial charge in [-0.25, -0.2) is 9.97 Å². The number of hydrogen-bond donors (Lipinski definition) is 1. The van der Waals surface area contributed by atoms with Crippen molar-refractivity contribution in [1.82, 2.24) is 9.97 Å². The van der Waals surface area contributed by atoms with Gasteiger partial charge in [0.05, 0.1) is 24.5 Å². The van der Waals surface area contributed by atoms with Gasteiger partial charge in [0.25, 0.3) is 5.91 Å². The molecule has 0 unspecified atom stereocenters. The molecule has 27 heavy (non-hydrogen) atoms. The molecule has 0 aliphatic heterocycles. The Kier molecular flexibility index (Phi) is 5.88. The summed E-state index contributed by atoms with van der Waals surface area (Å²) in [5.74, 6) is 0.865. The zero-order chi connectivity index (χ0) is 19.2. The van der Waals surface area contributed by atoms with Crippen molar-refractivity contribution in [3.8, 4) is 5.75 Å². The SMILES string of the molecule is COc1ccc(NC(=O)c2cnc(N(C)Cc3ccccc3)cn2)cc1Cl. The first-order chi connectivity index (χ1) is 13.1. The average molecular weight is 383 g/mol. The van der Waals surface area contributed by atoms with Gasteiger partial charge in [-0.2, -0.15) is 0 Å². The normalized spacial score (nSPS) is 10.3. The quantitative estimate of drug-likeness (QED) is 0.697. The average Bonchev–Trinajstić information content (AvgIpc) is 2.69. The third-order valence-electron chi connectivity index (χ3n) is 3.93. The zero-order valence-electron chi connectivity index (χ0n) is 15.0. The lowest BCUT2D eigenvalue weighted by atomic mass is 10.2. The molecule has 2 aromatic carbocycles. The number of carbonyl (C=O) groups is 1. The van der Waals surface area contributed by atoms with Gasteiger partial charge >= 0.3 is 0 Å². The number of carbonyl (C=O) groups excluding carboxylic acids is 1. The van der Waals surface area contributed by atoms with Crippen LogP contribution in [-0.4, -0.2) is 30.0 Å². The van der Waals surface area contributed by atoms with Crippen LogP contribution >= 0.6 is 11.6 Å². The molecule has 1 heterocycles. The van der Waals surface area contributed by atoms with Gasteiger partial charge in [-0.05, 0) is 23.8 Å². The van der Waals surface area contributed by atoms with E-state index in [2.05, 4.69) is 15.3 Å². The lowest BCUT2D eigenvalue weighted by molar-refractivity contribution is 0.102. The van der Waals surface area contributed by atoms with Crippen LogP contribution in [0.25, 0.3) is 0 Å². The number of anilines is 2. The highest BCUT2D eigenvalue weighted by atomic mass is 35.5. The van der Waals surface area contributed by atoms with E-state index in [0.29, 0.717) is 28.8 Å². The maximum atomic E-state index is 12.4. The monoisotopic (exact) mass is 382 g/mol. The smallest absolute Gasteiger partial charge is 0.275 e. The predicted octanol–water partition coefficient (Wildman–Crippen LogP) is 4.03. The molecule has 0 atom stereocenters. The third kappa shape index (κ3) is 4.74. The molecule has 0 spiro atoms. The van der Waals surface area contributed by atoms with Crippen LogP contribution in [0.4, 0.5) is 11.5 Å². The molecule has 6 nitrogen and oxygen atoms in total. The number of ether oxygens (including phenoxy) is 1. The Morgan fingerprint density at radius 1 is 1.15 bits per heavy atom. The first-order valence-electron chi connectivity index (χ1n) is 8.29. The van der Waals surface area contributed by atoms with E-state index in [-0.39, 0.29) is 11.6 Å². The number of rotatable bonds is 6. The molecule has 0 radical (unpaired) electrons. The Bertz CT molecular complexity index is 917. The van der Waals surface area contributed by atoms with Crippen LogP contribution in [0.1, 0.15) is 16.1 Å². The summed E-state index contributed by atoms with van der Waals surface area (Å²) in [7, 11) is 3.46. The van der Waals surface area contributed by atoms with Crippen molar-refractivity contribution in [2.45, 2.75) is 6.54 Å². The van der Waals surface area contributed by atoms with Crippen LogP contribution in [0, 0.1) is 0 Å². The second-order valence-corrected chi connectivity index (χ2v) is 6.31. The van der Waals surface area contributed by atoms with Crippen LogP contribution in [0.5, 0.6) is 5.75 Å². The molecule has 0 saturated carbocycles. The molecule has 0 aliphatic carbocycles. The van der Waals surface area contributed by atoms with Crippen molar-refractivity contribution < 1.29 is 9.53 Å². The summed E-state index contributed by atoms with van der Waals surface area (Å²) in [4.78, 5) is 22.9. The van der Waals surface area contributed by atoms with Gasteiger partial charge in [0.15, 0.2) is 0 Å². The number of benzene rings is 2. The summed E-state index contributed by atoms with van der Waals surface area (Å²) in [6.45, 7) is 0.700. The molecule has 0 bridgehead atoms. The molecule has 1 N–H and O–H groups in total. The van der Waals surface area contributed by atoms with Crippen LogP contribution in [0.2, 0.25) is 5.02 Å². The van der Waals surface area contributed by atoms with Gasteiger partial charge in [-0.3, -0.25) is 4.79 Å². The Balaban J connectivity index is 1.65. The Morgan fingerprint density at radius 3 is 2.56 bits per heavy atom. The lowest BCUT2D eigenvalue weighted by Gasteiger charge is -2.17. The fourth-order valence-corrected chi connectivity index (χ4v) is 2.77. The minimum atomic E-state index is -0.360. The van der Waals surface area contributed by atoms with E-state index in [1.54, 1.807) is 24.4 Å². The number of hydrogen-bond acceptors (Lipinski definition) is 5. The van der Waals surface area contributed by atoms with Gasteiger partial charge < -0.3 is 15.0 Å². The first-order valence-corrected chi connectivity index (χ1v) is 8.66. The topological polar surface area (TPSA) is 67.3 Å². The van der Waals surface area contributed by atoms with E-state index in [4.69, 9.17) is 16.3 Å². The molecule has 3 rings (SSSR count). The molecule has 0 fully saturated rings. The second-order valence-electron chi connectivity index (χ2n) is 5.90. The Labute approximate surface area is 162 Å². The van der Waals surface area contributed by atoms with Gasteiger partial charge in [0.2, 0.25) is 0 Å². The van der Waals surface area contributed by atoms with Gasteiger partial charge in [0, 0.05) is 19.3 Å². The second kappa shape index (κ2) is 8.51. The summed E-state index contributed by atoms with van der Waals surface area (Å²) >= 11 is 6.07. The van der Waals surface area contributed by atoms with Gasteiger partial charge in [-0.1, -0.05) is 41.9 Å². The molecule has 138 valence electrons. The summed E-state index contributed by atoms with van der Waals surface area (Å²) in [6.07, 6.45) is 3.04. The van der Waals surface area contributed by atoms with Gasteiger partial charge in [-0.15, -0.1) is 0 Å². The summed E-state index contributed by atoms with van der Waals surface area (Å²) in [5, 5.41) is 3.16. The molecule has 7 heteroatoms. The summed E-state index contributed by atoms with van der Waals surface area (Å²) in [6, 6.07) is 15.1. The largest absolute Gasteiger partial charge is 0.495 e. The minimum Gasteiger partial charge on any atom is -0.495 e. The number of amides is 1. The van der Waals surface area contributed by atoms with Crippen molar-refractivity contribution in [3.05, 3.63) is 77.2 Å². The summed E-state index contributed by atoms with van der Waals surface area (Å²) < 4.78 is 5.10. The van der Waals surface area contributed by atoms with E-state index in [1.807, 2.05) is 42.3 Å². The van der Waals surface area contributed by atoms with Crippen molar-refractivity contribution >= 4 is 29.0 Å². The van der Waals surface area contributed by atoms with E-state index in [1.165, 1.54) is 18.9 Å². The number of halogens is 1. The van der Waals surface area contributed by atoms with Crippen LogP contribution in [0.15, 0.2) is 60.9 Å². The van der Waals surface area contributed by atoms with Gasteiger partial charge in [0.1, 0.15) is 17.3 Å². The summed E-state index contributed by atoms with van der Waals surface area (Å²) in [5.41, 5.74) is 1.94. The maximum Gasteiger partial charge on any atom is 0.275 e. The van der Waals surface area contributed by atoms with E-state index < -0.39 is 0 Å². The molecule has 3 aromatic rings. The number of nitrogens with one attached hydrogen (secondary N) is 1. The number of methoxy groups -OCH3 is 1. The molecule has 1 aromatic heterocycles. The standard InChI is InChI=1S/C20H19ClN4O2/c1-25(13-14-6-4-3-5-7-14)19-12-22-17(11-23-19)20(26)24-15-8-9-18(27-2)16(21)10-15/h3-12H,13H2,1-2H3,(H,24,26). The number of nitrogens with zero attached hydrogens (tertiary/aromatic N) is 3. The predicted molar refractivity (Wildman–Crippen MR) is 107 cm³/mol. The van der Waals surface area contributed by atoms with Crippen LogP contribution in [0.3, 0.4) is 0 Å². The lowest BCUT2D eigenvalue weighted by Crippen LogP contribution is -2.19. The van der Waals surface area contributed by atoms with Crippen molar-refractivity contribution in [1.29, 1.82) is 0 Å². The highest BCUT2D eigenvalue weighted by Crippen LogP contribution is 2.27. The molecular weight excluding hydrogens is 364 g/mol. The minimum absolute atomic E-state index is 0.221. The fourth-order valence-electron chi connectivity index (χ4n) is 2.51. The Morgan fingerprint density at radius 2 is 1.93 bits per heavy atom. The molecule has 1 amide bonds. The van der Waals surface area contributed by atoms with Crippen molar-refractivity contribution in [2.24, 2.45) is 0 Å². The highest BCUT2D eigenvalue weighted by molar-refractivity contribution is 6.32. The molecular formula is C20H19ClN4O2. The maximum absolute atomic E-state index is 12.4. The van der Waals surface area contributed by atoms with Crippen LogP contribution in [-0.2, 0) is 6.54 Å². The first kappa shape index (κ1) is 18.7. The zero-order valence-corrected chi connectivity index (χ0v) is 15.8. The van der Waals surface area contributed by atoms with E-state index in [0.717, 1.165) is 0 Å². The van der Waals surface area contributed by atoms with E-state index >= 15 is 0 Å². The molecule has 0 saturated heterocycles. The van der Waals surface area contributed by atoms with Crippen LogP contribution < -0.4 is 15.0 Å². The third-order valence-corrected chi connectivity index (χ3v) is 4.23. The Hall–Kier alpha value is -3.12.